The second kappa shape index (κ2) is 9.38. The molecule has 1 heterocycles. The number of ether oxygens (including phenoxy) is 1. The summed E-state index contributed by atoms with van der Waals surface area (Å²) >= 11 is 6.16. The molecule has 3 rings (SSSR count). The van der Waals surface area contributed by atoms with E-state index in [4.69, 9.17) is 21.6 Å². The minimum Gasteiger partial charge on any atom is -0.493 e. The van der Waals surface area contributed by atoms with E-state index in [0.717, 1.165) is 25.2 Å². The fourth-order valence-corrected chi connectivity index (χ4v) is 4.82. The molecule has 7 heteroatoms. The number of hydrogen-bond acceptors (Lipinski definition) is 5. The average molecular weight is 447 g/mol. The van der Waals surface area contributed by atoms with Crippen molar-refractivity contribution >= 4 is 21.4 Å². The zero-order valence-corrected chi connectivity index (χ0v) is 19.1. The molecule has 0 spiro atoms. The summed E-state index contributed by atoms with van der Waals surface area (Å²) in [5.41, 5.74) is 1.67. The van der Waals surface area contributed by atoms with E-state index in [1.807, 2.05) is 12.1 Å². The molecule has 1 saturated heterocycles. The number of halogens is 1. The molecule has 1 aliphatic rings. The number of hydrogen-bond donors (Lipinski definition) is 0. The molecule has 0 aromatic heterocycles. The number of rotatable bonds is 7. The second-order valence-electron chi connectivity index (χ2n) is 8.30. The van der Waals surface area contributed by atoms with E-state index in [2.05, 4.69) is 24.8 Å². The zero-order chi connectivity index (χ0) is 21.9. The number of nitrogens with zero attached hydrogens (tertiary/aromatic N) is 2. The van der Waals surface area contributed by atoms with Gasteiger partial charge in [0.15, 0.2) is 9.84 Å². The summed E-state index contributed by atoms with van der Waals surface area (Å²) in [6, 6.07) is 14.3. The lowest BCUT2D eigenvalue weighted by Gasteiger charge is -2.21. The van der Waals surface area contributed by atoms with Crippen LogP contribution in [0.4, 0.5) is 0 Å². The van der Waals surface area contributed by atoms with E-state index in [1.54, 1.807) is 30.3 Å². The maximum absolute atomic E-state index is 11.6. The van der Waals surface area contributed by atoms with Crippen LogP contribution in [0.1, 0.15) is 30.9 Å². The van der Waals surface area contributed by atoms with Gasteiger partial charge in [-0.1, -0.05) is 25.4 Å². The first-order valence-corrected chi connectivity index (χ1v) is 12.3. The van der Waals surface area contributed by atoms with Crippen LogP contribution in [-0.4, -0.2) is 45.8 Å². The summed E-state index contributed by atoms with van der Waals surface area (Å²) in [5, 5.41) is 9.76. The molecule has 1 unspecified atom stereocenters. The Labute approximate surface area is 184 Å². The van der Waals surface area contributed by atoms with Gasteiger partial charge in [0.2, 0.25) is 0 Å². The second-order valence-corrected chi connectivity index (χ2v) is 10.7. The Morgan fingerprint density at radius 2 is 1.93 bits per heavy atom. The van der Waals surface area contributed by atoms with Crippen molar-refractivity contribution in [2.75, 3.05) is 32.5 Å². The molecule has 2 aromatic rings. The average Bonchev–Trinajstić information content (AvgIpc) is 3.04. The quantitative estimate of drug-likeness (QED) is 0.631. The molecule has 1 aliphatic heterocycles. The lowest BCUT2D eigenvalue weighted by molar-refractivity contribution is 0.224. The van der Waals surface area contributed by atoms with Gasteiger partial charge in [0.05, 0.1) is 23.1 Å². The van der Waals surface area contributed by atoms with E-state index in [9.17, 15) is 8.42 Å². The fourth-order valence-electron chi connectivity index (χ4n) is 3.95. The largest absolute Gasteiger partial charge is 0.493 e. The van der Waals surface area contributed by atoms with E-state index in [0.29, 0.717) is 39.7 Å². The molecule has 0 bridgehead atoms. The van der Waals surface area contributed by atoms with Gasteiger partial charge in [0.25, 0.3) is 0 Å². The summed E-state index contributed by atoms with van der Waals surface area (Å²) < 4.78 is 29.1. The molecule has 1 fully saturated rings. The number of sulfone groups is 1. The summed E-state index contributed by atoms with van der Waals surface area (Å²) in [6.07, 6.45) is 1.20. The molecule has 5 nitrogen and oxygen atoms in total. The van der Waals surface area contributed by atoms with Crippen LogP contribution in [0.25, 0.3) is 0 Å². The molecular weight excluding hydrogens is 420 g/mol. The van der Waals surface area contributed by atoms with Crippen LogP contribution in [0, 0.1) is 23.2 Å². The van der Waals surface area contributed by atoms with Gasteiger partial charge < -0.3 is 9.64 Å². The molecule has 0 radical (unpaired) electrons. The van der Waals surface area contributed by atoms with Crippen molar-refractivity contribution in [3.8, 4) is 11.8 Å². The van der Waals surface area contributed by atoms with Gasteiger partial charge >= 0.3 is 0 Å². The topological polar surface area (TPSA) is 70.4 Å². The summed E-state index contributed by atoms with van der Waals surface area (Å²) in [6.45, 7) is 7.83. The van der Waals surface area contributed by atoms with Gasteiger partial charge in [-0.2, -0.15) is 5.26 Å². The minimum atomic E-state index is -3.20. The predicted octanol–water partition coefficient (Wildman–Crippen LogP) is 4.37. The van der Waals surface area contributed by atoms with E-state index >= 15 is 0 Å². The maximum Gasteiger partial charge on any atom is 0.175 e. The van der Waals surface area contributed by atoms with Gasteiger partial charge in [0.1, 0.15) is 5.75 Å². The zero-order valence-electron chi connectivity index (χ0n) is 17.5. The van der Waals surface area contributed by atoms with Crippen LogP contribution in [0.2, 0.25) is 5.02 Å². The highest BCUT2D eigenvalue weighted by molar-refractivity contribution is 7.90. The molecule has 0 aliphatic carbocycles. The molecule has 30 heavy (non-hydrogen) atoms. The van der Waals surface area contributed by atoms with Crippen molar-refractivity contribution in [1.82, 2.24) is 4.90 Å². The van der Waals surface area contributed by atoms with E-state index in [1.165, 1.54) is 6.26 Å². The normalized spacial score (nSPS) is 20.6. The van der Waals surface area contributed by atoms with Crippen molar-refractivity contribution in [1.29, 1.82) is 5.26 Å². The molecule has 0 N–H and O–H groups in total. The minimum absolute atomic E-state index is 0.270. The monoisotopic (exact) mass is 446 g/mol. The van der Waals surface area contributed by atoms with E-state index in [-0.39, 0.29) is 5.92 Å². The Bertz CT molecular complexity index is 1030. The standard InChI is InChI=1S/C23H27ClN2O3S/c1-16(19-8-18(11-25)9-21(24)10-19)12-26-13-17(2)20(14-26)15-29-22-4-6-23(7-5-22)30(3,27)28/h4-10,16-17,20H,12-15H2,1-3H3/t16?,17-,20+/m1/s1. The molecule has 160 valence electrons. The van der Waals surface area contributed by atoms with Crippen molar-refractivity contribution in [2.45, 2.75) is 24.7 Å². The number of likely N-dealkylation sites (tertiary alicyclic amines) is 1. The van der Waals surface area contributed by atoms with Gasteiger partial charge in [-0.25, -0.2) is 8.42 Å². The van der Waals surface area contributed by atoms with Crippen LogP contribution in [-0.2, 0) is 9.84 Å². The molecular formula is C23H27ClN2O3S. The predicted molar refractivity (Wildman–Crippen MR) is 119 cm³/mol. The van der Waals surface area contributed by atoms with E-state index < -0.39 is 9.84 Å². The summed E-state index contributed by atoms with van der Waals surface area (Å²) in [5.74, 6) is 1.86. The van der Waals surface area contributed by atoms with Crippen molar-refractivity contribution < 1.29 is 13.2 Å². The Kier molecular flexibility index (Phi) is 7.07. The van der Waals surface area contributed by atoms with Crippen LogP contribution in [0.15, 0.2) is 47.4 Å². The third-order valence-electron chi connectivity index (χ3n) is 5.71. The van der Waals surface area contributed by atoms with Gasteiger partial charge in [-0.3, -0.25) is 0 Å². The van der Waals surface area contributed by atoms with Gasteiger partial charge in [-0.15, -0.1) is 0 Å². The first-order valence-electron chi connectivity index (χ1n) is 10.0. The van der Waals surface area contributed by atoms with Crippen LogP contribution in [0.3, 0.4) is 0 Å². The Morgan fingerprint density at radius 1 is 1.23 bits per heavy atom. The Balaban J connectivity index is 1.55. The van der Waals surface area contributed by atoms with Crippen LogP contribution in [0.5, 0.6) is 5.75 Å². The summed E-state index contributed by atoms with van der Waals surface area (Å²) in [4.78, 5) is 2.73. The SMILES string of the molecule is CC(CN1C[C@@H](COc2ccc(S(C)(=O)=O)cc2)[C@H](C)C1)c1cc(Cl)cc(C#N)c1. The lowest BCUT2D eigenvalue weighted by atomic mass is 9.99. The first kappa shape index (κ1) is 22.6. The molecule has 0 saturated carbocycles. The highest BCUT2D eigenvalue weighted by atomic mass is 35.5. The maximum atomic E-state index is 11.6. The third kappa shape index (κ3) is 5.75. The third-order valence-corrected chi connectivity index (χ3v) is 7.06. The number of benzene rings is 2. The Hall–Kier alpha value is -2.07. The van der Waals surface area contributed by atoms with Crippen LogP contribution >= 0.6 is 11.6 Å². The Morgan fingerprint density at radius 3 is 2.57 bits per heavy atom. The van der Waals surface area contributed by atoms with Crippen molar-refractivity contribution in [3.05, 3.63) is 58.6 Å². The smallest absolute Gasteiger partial charge is 0.175 e. The molecule has 3 atom stereocenters. The fraction of sp³-hybridized carbons (Fsp3) is 0.435. The van der Waals surface area contributed by atoms with Crippen molar-refractivity contribution in [3.63, 3.8) is 0 Å². The van der Waals surface area contributed by atoms with Gasteiger partial charge in [0, 0.05) is 36.8 Å². The molecule has 2 aromatic carbocycles. The number of nitriles is 1. The van der Waals surface area contributed by atoms with Crippen LogP contribution < -0.4 is 4.74 Å². The highest BCUT2D eigenvalue weighted by Gasteiger charge is 2.31. The molecule has 0 amide bonds. The lowest BCUT2D eigenvalue weighted by Crippen LogP contribution is -2.26. The van der Waals surface area contributed by atoms with Crippen molar-refractivity contribution in [2.24, 2.45) is 11.8 Å². The van der Waals surface area contributed by atoms with Gasteiger partial charge in [-0.05, 0) is 59.9 Å². The first-order chi connectivity index (χ1) is 14.2. The highest BCUT2D eigenvalue weighted by Crippen LogP contribution is 2.28. The summed E-state index contributed by atoms with van der Waals surface area (Å²) in [7, 11) is -3.20.